The average Bonchev–Trinajstić information content (AvgIpc) is 2.83. The summed E-state index contributed by atoms with van der Waals surface area (Å²) in [5, 5.41) is 15.9. The van der Waals surface area contributed by atoms with E-state index < -0.39 is 24.2 Å². The minimum absolute atomic E-state index is 0. The lowest BCUT2D eigenvalue weighted by molar-refractivity contribution is -0.130. The summed E-state index contributed by atoms with van der Waals surface area (Å²) in [5.74, 6) is -0.730. The molecule has 0 saturated carbocycles. The first-order chi connectivity index (χ1) is 16.6. The Labute approximate surface area is 233 Å². The zero-order chi connectivity index (χ0) is 26.0. The number of aliphatic hydroxyl groups excluding tert-OH is 1. The molecule has 37 heavy (non-hydrogen) atoms. The molecule has 0 aliphatic heterocycles. The van der Waals surface area contributed by atoms with E-state index >= 15 is 0 Å². The molecule has 2 aromatic rings. The summed E-state index contributed by atoms with van der Waals surface area (Å²) in [5.41, 5.74) is 16.9. The maximum atomic E-state index is 12.8. The van der Waals surface area contributed by atoms with Gasteiger partial charge in [-0.25, -0.2) is 5.01 Å². The fourth-order valence-electron chi connectivity index (χ4n) is 3.57. The number of nitrogens with one attached hydrogen (secondary N) is 2. The molecular formula is C27H43Cl2N5O3. The van der Waals surface area contributed by atoms with Crippen LogP contribution in [-0.2, 0) is 22.6 Å². The molecule has 7 N–H and O–H groups in total. The van der Waals surface area contributed by atoms with Crippen LogP contribution in [0.15, 0.2) is 60.7 Å². The maximum absolute atomic E-state index is 12.8. The van der Waals surface area contributed by atoms with Gasteiger partial charge >= 0.3 is 0 Å². The first-order valence-corrected chi connectivity index (χ1v) is 12.2. The van der Waals surface area contributed by atoms with Gasteiger partial charge in [-0.3, -0.25) is 15.0 Å². The molecule has 8 nitrogen and oxygen atoms in total. The van der Waals surface area contributed by atoms with Gasteiger partial charge in [-0.2, -0.15) is 0 Å². The molecule has 2 rings (SSSR count). The molecule has 2 aromatic carbocycles. The predicted octanol–water partition coefficient (Wildman–Crippen LogP) is 2.42. The largest absolute Gasteiger partial charge is 0.390 e. The number of rotatable bonds is 13. The lowest BCUT2D eigenvalue weighted by Gasteiger charge is -2.32. The summed E-state index contributed by atoms with van der Waals surface area (Å²) in [6.07, 6.45) is -0.574. The molecule has 0 aliphatic carbocycles. The van der Waals surface area contributed by atoms with Crippen LogP contribution in [0.3, 0.4) is 0 Å². The highest BCUT2D eigenvalue weighted by Gasteiger charge is 2.28. The standard InChI is InChI=1S/C27H41N5O3.2ClH/c1-18(2)24(28)26(34)30-22(15-20-11-7-5-8-12-20)23(33)17-32(16-21-13-9-6-10-14-21)31-27(35)25(29)19(3)4;;/h5-14,18-19,22-25,33H,15-17,28-29H2,1-4H3,(H,30,34)(H,31,35);2*1H/t22-,23-,24-,25+;;/m0../s1. The van der Waals surface area contributed by atoms with Crippen molar-refractivity contribution < 1.29 is 14.7 Å². The summed E-state index contributed by atoms with van der Waals surface area (Å²) in [6, 6.07) is 17.3. The Bertz CT molecular complexity index is 919. The van der Waals surface area contributed by atoms with Gasteiger partial charge in [0, 0.05) is 13.1 Å². The van der Waals surface area contributed by atoms with Crippen LogP contribution in [-0.4, -0.2) is 52.7 Å². The number of hydrazine groups is 1. The fraction of sp³-hybridized carbons (Fsp3) is 0.481. The van der Waals surface area contributed by atoms with Crippen molar-refractivity contribution in [2.24, 2.45) is 23.3 Å². The van der Waals surface area contributed by atoms with Crippen LogP contribution in [0, 0.1) is 11.8 Å². The maximum Gasteiger partial charge on any atom is 0.251 e. The minimum atomic E-state index is -0.988. The Balaban J connectivity index is 0.00000648. The van der Waals surface area contributed by atoms with Gasteiger partial charge in [0.15, 0.2) is 0 Å². The summed E-state index contributed by atoms with van der Waals surface area (Å²) < 4.78 is 0. The van der Waals surface area contributed by atoms with E-state index in [9.17, 15) is 14.7 Å². The highest BCUT2D eigenvalue weighted by molar-refractivity contribution is 5.85. The summed E-state index contributed by atoms with van der Waals surface area (Å²) in [4.78, 5) is 25.5. The molecule has 0 aliphatic rings. The van der Waals surface area contributed by atoms with Gasteiger partial charge in [0.25, 0.3) is 5.91 Å². The zero-order valence-electron chi connectivity index (χ0n) is 22.0. The zero-order valence-corrected chi connectivity index (χ0v) is 23.7. The van der Waals surface area contributed by atoms with Gasteiger partial charge in [-0.05, 0) is 29.4 Å². The monoisotopic (exact) mass is 555 g/mol. The second-order valence-corrected chi connectivity index (χ2v) is 9.75. The molecule has 0 bridgehead atoms. The molecular weight excluding hydrogens is 513 g/mol. The van der Waals surface area contributed by atoms with Gasteiger partial charge in [0.1, 0.15) is 0 Å². The number of carbonyl (C=O) groups excluding carboxylic acids is 2. The Kier molecular flexibility index (Phi) is 16.3. The van der Waals surface area contributed by atoms with Crippen molar-refractivity contribution >= 4 is 36.6 Å². The van der Waals surface area contributed by atoms with Crippen molar-refractivity contribution in [1.29, 1.82) is 0 Å². The van der Waals surface area contributed by atoms with Crippen LogP contribution in [0.2, 0.25) is 0 Å². The number of nitrogens with two attached hydrogens (primary N) is 2. The average molecular weight is 557 g/mol. The Hall–Kier alpha value is -2.20. The predicted molar refractivity (Wildman–Crippen MR) is 153 cm³/mol. The molecule has 10 heteroatoms. The molecule has 4 atom stereocenters. The summed E-state index contributed by atoms with van der Waals surface area (Å²) in [6.45, 7) is 7.96. The molecule has 208 valence electrons. The highest BCUT2D eigenvalue weighted by atomic mass is 35.5. The molecule has 0 fully saturated rings. The SMILES string of the molecule is CC(C)[C@H](N)C(=O)N[C@@H](Cc1ccccc1)[C@@H](O)CN(Cc1ccccc1)NC(=O)[C@H](N)C(C)C.Cl.Cl. The molecule has 0 unspecified atom stereocenters. The third-order valence-corrected chi connectivity index (χ3v) is 6.02. The molecule has 2 amide bonds. The van der Waals surface area contributed by atoms with Crippen molar-refractivity contribution in [1.82, 2.24) is 15.8 Å². The number of amides is 2. The number of aliphatic hydroxyl groups is 1. The number of hydrogen-bond acceptors (Lipinski definition) is 6. The highest BCUT2D eigenvalue weighted by Crippen LogP contribution is 2.11. The van der Waals surface area contributed by atoms with Crippen molar-refractivity contribution in [3.63, 3.8) is 0 Å². The molecule has 0 spiro atoms. The lowest BCUT2D eigenvalue weighted by Crippen LogP contribution is -2.57. The molecule has 0 heterocycles. The first kappa shape index (κ1) is 34.8. The van der Waals surface area contributed by atoms with Crippen LogP contribution in [0.5, 0.6) is 0 Å². The first-order valence-electron chi connectivity index (χ1n) is 12.2. The van der Waals surface area contributed by atoms with Gasteiger partial charge in [0.05, 0.1) is 24.2 Å². The van der Waals surface area contributed by atoms with E-state index in [-0.39, 0.29) is 55.0 Å². The van der Waals surface area contributed by atoms with E-state index in [0.29, 0.717) is 13.0 Å². The van der Waals surface area contributed by atoms with Gasteiger partial charge in [0.2, 0.25) is 5.91 Å². The summed E-state index contributed by atoms with van der Waals surface area (Å²) in [7, 11) is 0. The Morgan fingerprint density at radius 3 is 1.76 bits per heavy atom. The second kappa shape index (κ2) is 17.3. The van der Waals surface area contributed by atoms with Crippen LogP contribution < -0.4 is 22.2 Å². The number of nitrogens with zero attached hydrogens (tertiary/aromatic N) is 1. The molecule has 0 radical (unpaired) electrons. The lowest BCUT2D eigenvalue weighted by atomic mass is 9.98. The van der Waals surface area contributed by atoms with Crippen molar-refractivity contribution in [3.8, 4) is 0 Å². The van der Waals surface area contributed by atoms with Gasteiger partial charge < -0.3 is 21.9 Å². The molecule has 0 aromatic heterocycles. The quantitative estimate of drug-likeness (QED) is 0.241. The van der Waals surface area contributed by atoms with Crippen LogP contribution in [0.25, 0.3) is 0 Å². The van der Waals surface area contributed by atoms with Crippen LogP contribution in [0.1, 0.15) is 38.8 Å². The topological polar surface area (TPSA) is 134 Å². The van der Waals surface area contributed by atoms with E-state index in [2.05, 4.69) is 10.7 Å². The minimum Gasteiger partial charge on any atom is -0.390 e. The smallest absolute Gasteiger partial charge is 0.251 e. The van der Waals surface area contributed by atoms with E-state index in [4.69, 9.17) is 11.5 Å². The van der Waals surface area contributed by atoms with E-state index in [0.717, 1.165) is 11.1 Å². The number of hydrogen-bond donors (Lipinski definition) is 5. The van der Waals surface area contributed by atoms with E-state index in [1.807, 2.05) is 88.4 Å². The number of carbonyl (C=O) groups is 2. The van der Waals surface area contributed by atoms with E-state index in [1.165, 1.54) is 0 Å². The van der Waals surface area contributed by atoms with E-state index in [1.54, 1.807) is 5.01 Å². The van der Waals surface area contributed by atoms with Crippen molar-refractivity contribution in [2.45, 2.75) is 64.9 Å². The summed E-state index contributed by atoms with van der Waals surface area (Å²) >= 11 is 0. The molecule has 0 saturated heterocycles. The second-order valence-electron chi connectivity index (χ2n) is 9.75. The fourth-order valence-corrected chi connectivity index (χ4v) is 3.57. The Morgan fingerprint density at radius 2 is 1.27 bits per heavy atom. The Morgan fingerprint density at radius 1 is 0.811 bits per heavy atom. The third-order valence-electron chi connectivity index (χ3n) is 6.02. The van der Waals surface area contributed by atoms with Gasteiger partial charge in [-0.1, -0.05) is 88.4 Å². The number of halogens is 2. The van der Waals surface area contributed by atoms with Crippen LogP contribution >= 0.6 is 24.8 Å². The van der Waals surface area contributed by atoms with Crippen LogP contribution in [0.4, 0.5) is 0 Å². The van der Waals surface area contributed by atoms with Crippen molar-refractivity contribution in [3.05, 3.63) is 71.8 Å². The number of benzene rings is 2. The van der Waals surface area contributed by atoms with Gasteiger partial charge in [-0.15, -0.1) is 24.8 Å². The third kappa shape index (κ3) is 11.8. The van der Waals surface area contributed by atoms with Crippen molar-refractivity contribution in [2.75, 3.05) is 6.54 Å². The normalized spacial score (nSPS) is 14.2.